The second-order valence-corrected chi connectivity index (χ2v) is 6.44. The standard InChI is InChI=1S/C16H18N2O4S2/c1-21-12-4-5-13(22-2)11(9-12)3-6-14(19)17-7-8-18-15(20)10-24-16(18)23/h3-6,9H,7-8,10H2,1-2H3,(H,17,19)/b6-3+. The molecule has 2 rings (SSSR count). The highest BCUT2D eigenvalue weighted by atomic mass is 32.2. The van der Waals surface area contributed by atoms with Crippen molar-refractivity contribution in [3.63, 3.8) is 0 Å². The van der Waals surface area contributed by atoms with Gasteiger partial charge in [0.15, 0.2) is 0 Å². The van der Waals surface area contributed by atoms with E-state index in [4.69, 9.17) is 21.7 Å². The van der Waals surface area contributed by atoms with Crippen molar-refractivity contribution in [1.82, 2.24) is 10.2 Å². The Kier molecular flexibility index (Phi) is 6.62. The molecule has 24 heavy (non-hydrogen) atoms. The number of hydrogen-bond acceptors (Lipinski definition) is 6. The van der Waals surface area contributed by atoms with Crippen molar-refractivity contribution in [2.24, 2.45) is 0 Å². The van der Waals surface area contributed by atoms with Gasteiger partial charge < -0.3 is 14.8 Å². The summed E-state index contributed by atoms with van der Waals surface area (Å²) >= 11 is 6.42. The van der Waals surface area contributed by atoms with Gasteiger partial charge in [0.1, 0.15) is 15.8 Å². The maximum Gasteiger partial charge on any atom is 0.244 e. The Bertz CT molecular complexity index is 660. The number of nitrogens with zero attached hydrogens (tertiary/aromatic N) is 1. The molecule has 1 aliphatic heterocycles. The predicted octanol–water partition coefficient (Wildman–Crippen LogP) is 1.69. The highest BCUT2D eigenvalue weighted by Gasteiger charge is 2.25. The molecule has 1 N–H and O–H groups in total. The lowest BCUT2D eigenvalue weighted by atomic mass is 10.1. The van der Waals surface area contributed by atoms with Crippen molar-refractivity contribution in [1.29, 1.82) is 0 Å². The minimum atomic E-state index is -0.259. The lowest BCUT2D eigenvalue weighted by Gasteiger charge is -2.14. The normalized spacial score (nSPS) is 14.3. The first-order valence-corrected chi connectivity index (χ1v) is 8.59. The van der Waals surface area contributed by atoms with Crippen LogP contribution in [0.2, 0.25) is 0 Å². The topological polar surface area (TPSA) is 67.9 Å². The van der Waals surface area contributed by atoms with Gasteiger partial charge in [0, 0.05) is 24.7 Å². The van der Waals surface area contributed by atoms with Crippen LogP contribution in [0.3, 0.4) is 0 Å². The number of carbonyl (C=O) groups is 2. The summed E-state index contributed by atoms with van der Waals surface area (Å²) in [5.41, 5.74) is 0.735. The number of hydrogen-bond donors (Lipinski definition) is 1. The van der Waals surface area contributed by atoms with Crippen LogP contribution in [0.15, 0.2) is 24.3 Å². The monoisotopic (exact) mass is 366 g/mol. The minimum Gasteiger partial charge on any atom is -0.497 e. The second-order valence-electron chi connectivity index (χ2n) is 4.83. The van der Waals surface area contributed by atoms with Gasteiger partial charge in [-0.15, -0.1) is 0 Å². The van der Waals surface area contributed by atoms with Crippen LogP contribution in [0.4, 0.5) is 0 Å². The summed E-state index contributed by atoms with van der Waals surface area (Å²) in [6.45, 7) is 0.720. The van der Waals surface area contributed by atoms with Gasteiger partial charge in [0.25, 0.3) is 0 Å². The average Bonchev–Trinajstić information content (AvgIpc) is 2.91. The van der Waals surface area contributed by atoms with Crippen LogP contribution in [0.1, 0.15) is 5.56 Å². The van der Waals surface area contributed by atoms with E-state index in [9.17, 15) is 9.59 Å². The molecule has 6 nitrogen and oxygen atoms in total. The molecular weight excluding hydrogens is 348 g/mol. The van der Waals surface area contributed by atoms with Gasteiger partial charge in [-0.25, -0.2) is 0 Å². The van der Waals surface area contributed by atoms with E-state index in [-0.39, 0.29) is 11.8 Å². The van der Waals surface area contributed by atoms with Crippen LogP contribution in [-0.4, -0.2) is 54.1 Å². The van der Waals surface area contributed by atoms with E-state index in [1.165, 1.54) is 22.7 Å². The molecular formula is C16H18N2O4S2. The van der Waals surface area contributed by atoms with Gasteiger partial charge >= 0.3 is 0 Å². The van der Waals surface area contributed by atoms with Crippen molar-refractivity contribution in [3.8, 4) is 11.5 Å². The van der Waals surface area contributed by atoms with Crippen LogP contribution in [0.25, 0.3) is 6.08 Å². The number of amides is 2. The van der Waals surface area contributed by atoms with Crippen molar-refractivity contribution < 1.29 is 19.1 Å². The number of ether oxygens (including phenoxy) is 2. The number of benzene rings is 1. The second kappa shape index (κ2) is 8.70. The van der Waals surface area contributed by atoms with E-state index in [2.05, 4.69) is 5.32 Å². The Morgan fingerprint density at radius 2 is 2.21 bits per heavy atom. The van der Waals surface area contributed by atoms with E-state index in [1.54, 1.807) is 38.5 Å². The first-order valence-electron chi connectivity index (χ1n) is 7.20. The summed E-state index contributed by atoms with van der Waals surface area (Å²) in [5, 5.41) is 2.73. The summed E-state index contributed by atoms with van der Waals surface area (Å²) < 4.78 is 11.0. The molecule has 0 spiro atoms. The Labute approximate surface area is 150 Å². The minimum absolute atomic E-state index is 0.0177. The average molecular weight is 366 g/mol. The molecule has 128 valence electrons. The highest BCUT2D eigenvalue weighted by molar-refractivity contribution is 8.23. The molecule has 2 amide bonds. The molecule has 0 aromatic heterocycles. The number of methoxy groups -OCH3 is 2. The molecule has 1 fully saturated rings. The van der Waals surface area contributed by atoms with Gasteiger partial charge in [-0.1, -0.05) is 24.0 Å². The zero-order valence-electron chi connectivity index (χ0n) is 13.4. The third-order valence-electron chi connectivity index (χ3n) is 3.33. The summed E-state index contributed by atoms with van der Waals surface area (Å²) in [7, 11) is 3.14. The van der Waals surface area contributed by atoms with Crippen molar-refractivity contribution in [2.45, 2.75) is 0 Å². The molecule has 1 heterocycles. The summed E-state index contributed by atoms with van der Waals surface area (Å²) in [5.74, 6) is 1.42. The quantitative estimate of drug-likeness (QED) is 0.585. The van der Waals surface area contributed by atoms with Crippen LogP contribution >= 0.6 is 24.0 Å². The van der Waals surface area contributed by atoms with E-state index in [0.29, 0.717) is 34.7 Å². The Hall–Kier alpha value is -2.06. The fraction of sp³-hybridized carbons (Fsp3) is 0.312. The molecule has 1 saturated heterocycles. The first kappa shape index (κ1) is 18.3. The lowest BCUT2D eigenvalue weighted by Crippen LogP contribution is -2.36. The van der Waals surface area contributed by atoms with Gasteiger partial charge in [0.05, 0.1) is 20.0 Å². The van der Waals surface area contributed by atoms with E-state index >= 15 is 0 Å². The fourth-order valence-electron chi connectivity index (χ4n) is 2.08. The Morgan fingerprint density at radius 3 is 2.83 bits per heavy atom. The molecule has 0 unspecified atom stereocenters. The molecule has 0 radical (unpaired) electrons. The third-order valence-corrected chi connectivity index (χ3v) is 4.76. The number of thioether (sulfide) groups is 1. The van der Waals surface area contributed by atoms with Gasteiger partial charge in [-0.05, 0) is 24.3 Å². The number of thiocarbonyl (C=S) groups is 1. The molecule has 0 saturated carbocycles. The van der Waals surface area contributed by atoms with Crippen molar-refractivity contribution >= 4 is 46.2 Å². The van der Waals surface area contributed by atoms with E-state index in [1.807, 2.05) is 0 Å². The number of nitrogens with one attached hydrogen (secondary N) is 1. The maximum atomic E-state index is 11.9. The van der Waals surface area contributed by atoms with Crippen molar-refractivity contribution in [3.05, 3.63) is 29.8 Å². The fourth-order valence-corrected chi connectivity index (χ4v) is 3.20. The third kappa shape index (κ3) is 4.72. The van der Waals surface area contributed by atoms with Gasteiger partial charge in [0.2, 0.25) is 11.8 Å². The first-order chi connectivity index (χ1) is 11.5. The molecule has 1 aromatic rings. The summed E-state index contributed by atoms with van der Waals surface area (Å²) in [4.78, 5) is 25.0. The van der Waals surface area contributed by atoms with Gasteiger partial charge in [-0.2, -0.15) is 0 Å². The molecule has 1 aromatic carbocycles. The van der Waals surface area contributed by atoms with E-state index in [0.717, 1.165) is 5.56 Å². The maximum absolute atomic E-state index is 11.9. The zero-order chi connectivity index (χ0) is 17.5. The van der Waals surface area contributed by atoms with Crippen LogP contribution < -0.4 is 14.8 Å². The predicted molar refractivity (Wildman–Crippen MR) is 98.4 cm³/mol. The molecule has 0 aliphatic carbocycles. The zero-order valence-corrected chi connectivity index (χ0v) is 15.0. The highest BCUT2D eigenvalue weighted by Crippen LogP contribution is 2.25. The molecule has 1 aliphatic rings. The SMILES string of the molecule is COc1ccc(OC)c(/C=C/C(=O)NCCN2C(=O)CSC2=S)c1. The Balaban J connectivity index is 1.89. The molecule has 0 bridgehead atoms. The summed E-state index contributed by atoms with van der Waals surface area (Å²) in [6, 6.07) is 5.33. The lowest BCUT2D eigenvalue weighted by molar-refractivity contribution is -0.124. The van der Waals surface area contributed by atoms with Crippen LogP contribution in [0, 0.1) is 0 Å². The van der Waals surface area contributed by atoms with Gasteiger partial charge in [-0.3, -0.25) is 14.5 Å². The number of carbonyl (C=O) groups excluding carboxylic acids is 2. The number of rotatable bonds is 7. The Morgan fingerprint density at radius 1 is 1.42 bits per heavy atom. The smallest absolute Gasteiger partial charge is 0.244 e. The van der Waals surface area contributed by atoms with Crippen LogP contribution in [-0.2, 0) is 9.59 Å². The molecule has 0 atom stereocenters. The molecule has 8 heteroatoms. The van der Waals surface area contributed by atoms with Crippen molar-refractivity contribution in [2.75, 3.05) is 33.1 Å². The largest absolute Gasteiger partial charge is 0.497 e. The van der Waals surface area contributed by atoms with Crippen LogP contribution in [0.5, 0.6) is 11.5 Å². The summed E-state index contributed by atoms with van der Waals surface area (Å²) in [6.07, 6.45) is 3.06. The van der Waals surface area contributed by atoms with E-state index < -0.39 is 0 Å².